The van der Waals surface area contributed by atoms with Gasteiger partial charge in [-0.2, -0.15) is 4.31 Å². The van der Waals surface area contributed by atoms with Crippen molar-refractivity contribution in [3.8, 4) is 0 Å². The van der Waals surface area contributed by atoms with Gasteiger partial charge < -0.3 is 9.63 Å². The molecule has 0 saturated heterocycles. The van der Waals surface area contributed by atoms with Crippen LogP contribution in [0.2, 0.25) is 0 Å². The van der Waals surface area contributed by atoms with Gasteiger partial charge in [0.15, 0.2) is 5.76 Å². The third kappa shape index (κ3) is 3.30. The maximum Gasteiger partial charge on any atom is 0.248 e. The smallest absolute Gasteiger partial charge is 0.248 e. The van der Waals surface area contributed by atoms with Gasteiger partial charge in [-0.1, -0.05) is 12.1 Å². The van der Waals surface area contributed by atoms with Gasteiger partial charge in [0.1, 0.15) is 10.6 Å². The van der Waals surface area contributed by atoms with Crippen LogP contribution in [-0.4, -0.2) is 42.2 Å². The molecule has 1 fully saturated rings. The molecule has 6 nitrogen and oxygen atoms in total. The lowest BCUT2D eigenvalue weighted by Crippen LogP contribution is -2.46. The summed E-state index contributed by atoms with van der Waals surface area (Å²) in [6.07, 6.45) is 3.12. The summed E-state index contributed by atoms with van der Waals surface area (Å²) in [7, 11) is -2.19. The molecule has 0 aromatic carbocycles. The highest BCUT2D eigenvalue weighted by Crippen LogP contribution is 2.33. The summed E-state index contributed by atoms with van der Waals surface area (Å²) in [5, 5.41) is 14.3. The molecule has 21 heavy (non-hydrogen) atoms. The predicted octanol–water partition coefficient (Wildman–Crippen LogP) is 1.85. The standard InChI is InChI=1S/C14H24N2O4S/c1-10-5-7-14(17,8-6-10)9-16(4)21(18,19)13-11(2)15-20-12(13)3/h10,17H,5-9H2,1-4H3. The number of aryl methyl sites for hydroxylation is 2. The van der Waals surface area contributed by atoms with E-state index in [9.17, 15) is 13.5 Å². The average Bonchev–Trinajstić information content (AvgIpc) is 2.73. The number of aliphatic hydroxyl groups is 1. The lowest BCUT2D eigenvalue weighted by Gasteiger charge is -2.37. The fourth-order valence-corrected chi connectivity index (χ4v) is 4.49. The Kier molecular flexibility index (Phi) is 4.46. The Hall–Kier alpha value is -0.920. The molecular formula is C14H24N2O4S. The summed E-state index contributed by atoms with van der Waals surface area (Å²) in [5.41, 5.74) is -0.587. The Bertz CT molecular complexity index is 581. The van der Waals surface area contributed by atoms with Crippen LogP contribution in [0, 0.1) is 19.8 Å². The summed E-state index contributed by atoms with van der Waals surface area (Å²) in [5.74, 6) is 0.873. The zero-order valence-corrected chi connectivity index (χ0v) is 13.9. The number of hydrogen-bond acceptors (Lipinski definition) is 5. The Morgan fingerprint density at radius 3 is 2.43 bits per heavy atom. The van der Waals surface area contributed by atoms with Gasteiger partial charge in [-0.3, -0.25) is 0 Å². The van der Waals surface area contributed by atoms with Crippen molar-refractivity contribution in [1.82, 2.24) is 9.46 Å². The van der Waals surface area contributed by atoms with Crippen LogP contribution < -0.4 is 0 Å². The van der Waals surface area contributed by atoms with Gasteiger partial charge in [0.2, 0.25) is 10.0 Å². The molecule has 1 saturated carbocycles. The van der Waals surface area contributed by atoms with E-state index < -0.39 is 15.6 Å². The summed E-state index contributed by atoms with van der Waals surface area (Å²) < 4.78 is 31.4. The van der Waals surface area contributed by atoms with E-state index in [1.165, 1.54) is 11.4 Å². The maximum absolute atomic E-state index is 12.6. The normalized spacial score (nSPS) is 27.2. The monoisotopic (exact) mass is 316 g/mol. The highest BCUT2D eigenvalue weighted by molar-refractivity contribution is 7.89. The molecule has 1 aromatic rings. The molecule has 0 amide bonds. The molecule has 2 rings (SSSR count). The van der Waals surface area contributed by atoms with Gasteiger partial charge in [-0.25, -0.2) is 8.42 Å². The molecule has 1 aromatic heterocycles. The van der Waals surface area contributed by atoms with E-state index in [1.807, 2.05) is 0 Å². The van der Waals surface area contributed by atoms with Gasteiger partial charge in [-0.05, 0) is 45.4 Å². The fraction of sp³-hybridized carbons (Fsp3) is 0.786. The Morgan fingerprint density at radius 2 is 1.95 bits per heavy atom. The van der Waals surface area contributed by atoms with Crippen LogP contribution in [0.15, 0.2) is 9.42 Å². The number of nitrogens with zero attached hydrogens (tertiary/aromatic N) is 2. The third-order valence-electron chi connectivity index (χ3n) is 4.36. The van der Waals surface area contributed by atoms with Crippen LogP contribution in [0.1, 0.15) is 44.1 Å². The van der Waals surface area contributed by atoms with E-state index in [4.69, 9.17) is 4.52 Å². The van der Waals surface area contributed by atoms with Crippen LogP contribution in [-0.2, 0) is 10.0 Å². The van der Waals surface area contributed by atoms with Crippen molar-refractivity contribution < 1.29 is 18.0 Å². The molecule has 120 valence electrons. The van der Waals surface area contributed by atoms with Crippen LogP contribution in [0.3, 0.4) is 0 Å². The van der Waals surface area contributed by atoms with Crippen molar-refractivity contribution in [3.05, 3.63) is 11.5 Å². The summed E-state index contributed by atoms with van der Waals surface area (Å²) >= 11 is 0. The van der Waals surface area contributed by atoms with Gasteiger partial charge in [-0.15, -0.1) is 0 Å². The number of aromatic nitrogens is 1. The van der Waals surface area contributed by atoms with Crippen molar-refractivity contribution in [2.45, 2.75) is 57.0 Å². The highest BCUT2D eigenvalue weighted by Gasteiger charge is 2.37. The lowest BCUT2D eigenvalue weighted by molar-refractivity contribution is -0.0175. The number of rotatable bonds is 4. The van der Waals surface area contributed by atoms with Crippen LogP contribution in [0.4, 0.5) is 0 Å². The van der Waals surface area contributed by atoms with Crippen molar-refractivity contribution in [1.29, 1.82) is 0 Å². The van der Waals surface area contributed by atoms with Crippen LogP contribution in [0.5, 0.6) is 0 Å². The summed E-state index contributed by atoms with van der Waals surface area (Å²) in [6, 6.07) is 0. The second-order valence-corrected chi connectivity index (χ2v) is 8.30. The van der Waals surface area contributed by atoms with Crippen molar-refractivity contribution in [3.63, 3.8) is 0 Å². The average molecular weight is 316 g/mol. The minimum absolute atomic E-state index is 0.103. The van der Waals surface area contributed by atoms with Crippen molar-refractivity contribution in [2.75, 3.05) is 13.6 Å². The Labute approximate surface area is 126 Å². The largest absolute Gasteiger partial charge is 0.389 e. The van der Waals surface area contributed by atoms with Crippen molar-refractivity contribution in [2.24, 2.45) is 5.92 Å². The third-order valence-corrected chi connectivity index (χ3v) is 6.41. The molecule has 0 atom stereocenters. The van der Waals surface area contributed by atoms with Gasteiger partial charge in [0.25, 0.3) is 0 Å². The van der Waals surface area contributed by atoms with E-state index in [2.05, 4.69) is 12.1 Å². The molecule has 0 aliphatic heterocycles. The minimum atomic E-state index is -3.69. The topological polar surface area (TPSA) is 83.6 Å². The first-order valence-electron chi connectivity index (χ1n) is 7.27. The first kappa shape index (κ1) is 16.5. The van der Waals surface area contributed by atoms with E-state index in [-0.39, 0.29) is 17.2 Å². The van der Waals surface area contributed by atoms with Crippen LogP contribution in [0.25, 0.3) is 0 Å². The van der Waals surface area contributed by atoms with Gasteiger partial charge >= 0.3 is 0 Å². The predicted molar refractivity (Wildman–Crippen MR) is 78.4 cm³/mol. The molecular weight excluding hydrogens is 292 g/mol. The van der Waals surface area contributed by atoms with Crippen LogP contribution >= 0.6 is 0 Å². The quantitative estimate of drug-likeness (QED) is 0.916. The first-order valence-corrected chi connectivity index (χ1v) is 8.71. The van der Waals surface area contributed by atoms with E-state index in [0.717, 1.165) is 12.8 Å². The molecule has 1 aliphatic carbocycles. The molecule has 0 radical (unpaired) electrons. The molecule has 0 spiro atoms. The highest BCUT2D eigenvalue weighted by atomic mass is 32.2. The molecule has 0 bridgehead atoms. The number of hydrogen-bond donors (Lipinski definition) is 1. The summed E-state index contributed by atoms with van der Waals surface area (Å²) in [4.78, 5) is 0.109. The summed E-state index contributed by atoms with van der Waals surface area (Å²) in [6.45, 7) is 5.45. The number of sulfonamides is 1. The van der Waals surface area contributed by atoms with E-state index >= 15 is 0 Å². The zero-order valence-electron chi connectivity index (χ0n) is 13.1. The van der Waals surface area contributed by atoms with Crippen molar-refractivity contribution >= 4 is 10.0 Å². The molecule has 1 heterocycles. The second-order valence-electron chi connectivity index (χ2n) is 6.32. The SMILES string of the molecule is Cc1noc(C)c1S(=O)(=O)N(C)CC1(O)CCC(C)CC1. The Balaban J connectivity index is 2.18. The lowest BCUT2D eigenvalue weighted by atomic mass is 9.79. The van der Waals surface area contributed by atoms with Gasteiger partial charge in [0, 0.05) is 13.6 Å². The van der Waals surface area contributed by atoms with E-state index in [0.29, 0.717) is 24.5 Å². The fourth-order valence-electron chi connectivity index (χ4n) is 2.96. The number of likely N-dealkylation sites (N-methyl/N-ethyl adjacent to an activating group) is 1. The molecule has 1 N–H and O–H groups in total. The second kappa shape index (κ2) is 5.70. The molecule has 1 aliphatic rings. The minimum Gasteiger partial charge on any atom is -0.389 e. The zero-order chi connectivity index (χ0) is 15.8. The van der Waals surface area contributed by atoms with Gasteiger partial charge in [0.05, 0.1) is 5.60 Å². The molecule has 0 unspecified atom stereocenters. The Morgan fingerprint density at radius 1 is 1.38 bits per heavy atom. The first-order chi connectivity index (χ1) is 9.66. The van der Waals surface area contributed by atoms with E-state index in [1.54, 1.807) is 13.8 Å². The maximum atomic E-state index is 12.6. The molecule has 7 heteroatoms.